The van der Waals surface area contributed by atoms with Crippen molar-refractivity contribution in [2.75, 3.05) is 41.9 Å². The fraction of sp³-hybridized carbons (Fsp3) is 0.750. The Morgan fingerprint density at radius 2 is 1.80 bits per heavy atom. The number of ether oxygens (including phenoxy) is 1. The summed E-state index contributed by atoms with van der Waals surface area (Å²) in [5, 5.41) is 3.14. The number of hydrogen-bond acceptors (Lipinski definition) is 8. The molecule has 114 valence electrons. The molecule has 1 aromatic rings. The zero-order chi connectivity index (χ0) is 15.0. The van der Waals surface area contributed by atoms with E-state index in [1.807, 2.05) is 32.6 Å². The molecule has 1 atom stereocenters. The Labute approximate surface area is 120 Å². The van der Waals surface area contributed by atoms with E-state index in [0.29, 0.717) is 31.0 Å². The molecule has 0 aliphatic carbocycles. The fourth-order valence-electron chi connectivity index (χ4n) is 1.73. The van der Waals surface area contributed by atoms with Crippen molar-refractivity contribution < 1.29 is 4.74 Å². The molecule has 0 bridgehead atoms. The number of rotatable bonds is 9. The highest BCUT2D eigenvalue weighted by Crippen LogP contribution is 2.12. The number of nitrogen functional groups attached to an aromatic ring is 1. The van der Waals surface area contributed by atoms with Gasteiger partial charge in [-0.3, -0.25) is 5.43 Å². The third kappa shape index (κ3) is 4.78. The summed E-state index contributed by atoms with van der Waals surface area (Å²) in [7, 11) is 0. The number of anilines is 3. The van der Waals surface area contributed by atoms with Gasteiger partial charge >= 0.3 is 0 Å². The summed E-state index contributed by atoms with van der Waals surface area (Å²) in [4.78, 5) is 14.9. The second-order valence-electron chi connectivity index (χ2n) is 4.25. The Balaban J connectivity index is 2.82. The minimum absolute atomic E-state index is 0.0861. The summed E-state index contributed by atoms with van der Waals surface area (Å²) in [5.41, 5.74) is 2.46. The molecule has 0 spiro atoms. The summed E-state index contributed by atoms with van der Waals surface area (Å²) in [6, 6.07) is 0. The molecular weight excluding hydrogens is 258 g/mol. The average molecular weight is 283 g/mol. The predicted molar refractivity (Wildman–Crippen MR) is 80.8 cm³/mol. The molecule has 8 heteroatoms. The van der Waals surface area contributed by atoms with Crippen LogP contribution in [0.15, 0.2) is 0 Å². The van der Waals surface area contributed by atoms with Gasteiger partial charge in [-0.1, -0.05) is 0 Å². The van der Waals surface area contributed by atoms with Gasteiger partial charge in [0.2, 0.25) is 17.8 Å². The van der Waals surface area contributed by atoms with E-state index in [2.05, 4.69) is 25.7 Å². The highest BCUT2D eigenvalue weighted by molar-refractivity contribution is 5.43. The van der Waals surface area contributed by atoms with Crippen molar-refractivity contribution in [1.29, 1.82) is 0 Å². The lowest BCUT2D eigenvalue weighted by atomic mass is 10.4. The predicted octanol–water partition coefficient (Wildman–Crippen LogP) is 0.840. The van der Waals surface area contributed by atoms with Gasteiger partial charge in [0.15, 0.2) is 0 Å². The van der Waals surface area contributed by atoms with Crippen LogP contribution in [0.4, 0.5) is 17.8 Å². The molecule has 0 radical (unpaired) electrons. The van der Waals surface area contributed by atoms with Crippen molar-refractivity contribution in [3.8, 4) is 0 Å². The molecule has 1 unspecified atom stereocenters. The molecular formula is C12H25N7O. The average Bonchev–Trinajstić information content (AvgIpc) is 2.46. The summed E-state index contributed by atoms with van der Waals surface area (Å²) in [6.45, 7) is 11.0. The van der Waals surface area contributed by atoms with Gasteiger partial charge in [-0.2, -0.15) is 15.0 Å². The van der Waals surface area contributed by atoms with Crippen molar-refractivity contribution in [2.24, 2.45) is 5.84 Å². The van der Waals surface area contributed by atoms with Crippen molar-refractivity contribution in [1.82, 2.24) is 15.0 Å². The maximum Gasteiger partial charge on any atom is 0.243 e. The van der Waals surface area contributed by atoms with E-state index < -0.39 is 0 Å². The van der Waals surface area contributed by atoms with Crippen LogP contribution in [0.1, 0.15) is 27.7 Å². The van der Waals surface area contributed by atoms with Crippen LogP contribution in [0.2, 0.25) is 0 Å². The monoisotopic (exact) mass is 283 g/mol. The van der Waals surface area contributed by atoms with Crippen molar-refractivity contribution in [3.05, 3.63) is 0 Å². The minimum Gasteiger partial charge on any atom is -0.377 e. The van der Waals surface area contributed by atoms with Crippen LogP contribution in [0.25, 0.3) is 0 Å². The third-order valence-corrected chi connectivity index (χ3v) is 2.80. The van der Waals surface area contributed by atoms with Gasteiger partial charge in [-0.25, -0.2) is 5.84 Å². The lowest BCUT2D eigenvalue weighted by molar-refractivity contribution is 0.0854. The maximum atomic E-state index is 5.46. The topological polar surface area (TPSA) is 101 Å². The van der Waals surface area contributed by atoms with Gasteiger partial charge in [0.25, 0.3) is 0 Å². The zero-order valence-corrected chi connectivity index (χ0v) is 12.7. The van der Waals surface area contributed by atoms with Crippen LogP contribution < -0.4 is 21.5 Å². The molecule has 0 saturated carbocycles. The normalized spacial score (nSPS) is 12.1. The van der Waals surface area contributed by atoms with E-state index >= 15 is 0 Å². The van der Waals surface area contributed by atoms with Crippen LogP contribution in [-0.2, 0) is 4.74 Å². The van der Waals surface area contributed by atoms with Gasteiger partial charge in [0, 0.05) is 26.2 Å². The Morgan fingerprint density at radius 3 is 2.35 bits per heavy atom. The zero-order valence-electron chi connectivity index (χ0n) is 12.7. The number of hydrogen-bond donors (Lipinski definition) is 3. The van der Waals surface area contributed by atoms with Crippen LogP contribution in [0, 0.1) is 0 Å². The van der Waals surface area contributed by atoms with E-state index in [1.165, 1.54) is 0 Å². The lowest BCUT2D eigenvalue weighted by Gasteiger charge is -2.20. The second-order valence-corrected chi connectivity index (χ2v) is 4.25. The van der Waals surface area contributed by atoms with Crippen molar-refractivity contribution in [3.63, 3.8) is 0 Å². The van der Waals surface area contributed by atoms with Crippen LogP contribution in [0.5, 0.6) is 0 Å². The SMILES string of the molecule is CCOC(C)CNc1nc(NN)nc(N(CC)CC)n1. The van der Waals surface area contributed by atoms with E-state index in [4.69, 9.17) is 10.6 Å². The van der Waals surface area contributed by atoms with Gasteiger partial charge in [0.1, 0.15) is 0 Å². The number of nitrogens with two attached hydrogens (primary N) is 1. The largest absolute Gasteiger partial charge is 0.377 e. The Morgan fingerprint density at radius 1 is 1.15 bits per heavy atom. The number of nitrogens with zero attached hydrogens (tertiary/aromatic N) is 4. The summed E-state index contributed by atoms with van der Waals surface area (Å²) in [6.07, 6.45) is 0.0861. The van der Waals surface area contributed by atoms with E-state index in [1.54, 1.807) is 0 Å². The lowest BCUT2D eigenvalue weighted by Crippen LogP contribution is -2.27. The molecule has 0 aliphatic rings. The standard InChI is InChI=1S/C12H25N7O/c1-5-19(6-2)12-16-10(15-11(17-12)18-13)14-8-9(4)20-7-3/h9H,5-8,13H2,1-4H3,(H2,14,15,16,17,18). The molecule has 1 aromatic heterocycles. The Bertz CT molecular complexity index is 397. The minimum atomic E-state index is 0.0861. The fourth-order valence-corrected chi connectivity index (χ4v) is 1.73. The van der Waals surface area contributed by atoms with Gasteiger partial charge in [-0.15, -0.1) is 0 Å². The molecule has 0 aliphatic heterocycles. The molecule has 0 saturated heterocycles. The van der Waals surface area contributed by atoms with Crippen molar-refractivity contribution in [2.45, 2.75) is 33.8 Å². The molecule has 0 amide bonds. The number of nitrogens with one attached hydrogen (secondary N) is 2. The molecule has 4 N–H and O–H groups in total. The summed E-state index contributed by atoms with van der Waals surface area (Å²) < 4.78 is 5.46. The highest BCUT2D eigenvalue weighted by atomic mass is 16.5. The summed E-state index contributed by atoms with van der Waals surface area (Å²) >= 11 is 0. The van der Waals surface area contributed by atoms with Gasteiger partial charge in [0.05, 0.1) is 6.10 Å². The van der Waals surface area contributed by atoms with E-state index in [9.17, 15) is 0 Å². The third-order valence-electron chi connectivity index (χ3n) is 2.80. The molecule has 1 rings (SSSR count). The van der Waals surface area contributed by atoms with Crippen molar-refractivity contribution >= 4 is 17.8 Å². The van der Waals surface area contributed by atoms with E-state index in [0.717, 1.165) is 13.1 Å². The maximum absolute atomic E-state index is 5.46. The van der Waals surface area contributed by atoms with Gasteiger partial charge < -0.3 is 15.0 Å². The molecule has 0 fully saturated rings. The first-order valence-electron chi connectivity index (χ1n) is 6.97. The van der Waals surface area contributed by atoms with Crippen LogP contribution in [-0.4, -0.2) is 47.3 Å². The molecule has 0 aromatic carbocycles. The first-order chi connectivity index (χ1) is 9.64. The molecule has 8 nitrogen and oxygen atoms in total. The Hall–Kier alpha value is -1.67. The second kappa shape index (κ2) is 8.49. The van der Waals surface area contributed by atoms with E-state index in [-0.39, 0.29) is 6.10 Å². The molecule has 20 heavy (non-hydrogen) atoms. The number of hydrazine groups is 1. The smallest absolute Gasteiger partial charge is 0.243 e. The Kier molecular flexibility index (Phi) is 6.96. The van der Waals surface area contributed by atoms with Gasteiger partial charge in [-0.05, 0) is 27.7 Å². The number of aromatic nitrogens is 3. The van der Waals surface area contributed by atoms with Crippen LogP contribution >= 0.6 is 0 Å². The first-order valence-corrected chi connectivity index (χ1v) is 6.97. The van der Waals surface area contributed by atoms with Crippen LogP contribution in [0.3, 0.4) is 0 Å². The highest BCUT2D eigenvalue weighted by Gasteiger charge is 2.11. The summed E-state index contributed by atoms with van der Waals surface area (Å²) in [5.74, 6) is 6.83. The quantitative estimate of drug-likeness (QED) is 0.453. The first kappa shape index (κ1) is 16.4. The molecule has 1 heterocycles.